The summed E-state index contributed by atoms with van der Waals surface area (Å²) in [7, 11) is 3.88. The van der Waals surface area contributed by atoms with Crippen molar-refractivity contribution in [2.24, 2.45) is 0 Å². The Labute approximate surface area is 334 Å². The van der Waals surface area contributed by atoms with Crippen molar-refractivity contribution in [2.75, 3.05) is 37.9 Å². The number of nitrogens with one attached hydrogen (secondary N) is 2. The summed E-state index contributed by atoms with van der Waals surface area (Å²) < 4.78 is 11.7. The zero-order valence-electron chi connectivity index (χ0n) is 33.2. The lowest BCUT2D eigenvalue weighted by Crippen LogP contribution is -2.38. The molecule has 0 radical (unpaired) electrons. The summed E-state index contributed by atoms with van der Waals surface area (Å²) in [5.41, 5.74) is 3.51. The molecule has 57 heavy (non-hydrogen) atoms. The third kappa shape index (κ3) is 10.6. The first-order valence-electron chi connectivity index (χ1n) is 20.4. The number of rotatable bonds is 12. The van der Waals surface area contributed by atoms with Crippen LogP contribution in [-0.2, 0) is 32.0 Å². The van der Waals surface area contributed by atoms with Gasteiger partial charge in [0.25, 0.3) is 0 Å². The second-order valence-electron chi connectivity index (χ2n) is 15.6. The van der Waals surface area contributed by atoms with Crippen LogP contribution in [0.1, 0.15) is 101 Å². The maximum atomic E-state index is 12.4. The van der Waals surface area contributed by atoms with Crippen LogP contribution in [0.3, 0.4) is 0 Å². The number of amides is 4. The van der Waals surface area contributed by atoms with Gasteiger partial charge in [-0.05, 0) is 87.1 Å². The maximum Gasteiger partial charge on any atom is 0.230 e. The summed E-state index contributed by atoms with van der Waals surface area (Å²) in [4.78, 5) is 60.7. The first-order valence-corrected chi connectivity index (χ1v) is 20.4. The molecule has 4 aromatic rings. The number of hydrogen-bond donors (Lipinski definition) is 2. The first kappa shape index (κ1) is 41.3. The molecule has 13 nitrogen and oxygen atoms in total. The van der Waals surface area contributed by atoms with Crippen LogP contribution in [0, 0.1) is 0 Å². The number of carbonyl (C=O) groups is 4. The predicted molar refractivity (Wildman–Crippen MR) is 221 cm³/mol. The largest absolute Gasteiger partial charge is 0.494 e. The summed E-state index contributed by atoms with van der Waals surface area (Å²) in [5, 5.41) is 7.46. The Morgan fingerprint density at radius 2 is 1.04 bits per heavy atom. The molecule has 2 aromatic heterocycles. The third-order valence-corrected chi connectivity index (χ3v) is 11.6. The van der Waals surface area contributed by atoms with Crippen molar-refractivity contribution < 1.29 is 34.1 Å². The smallest absolute Gasteiger partial charge is 0.230 e. The van der Waals surface area contributed by atoms with Gasteiger partial charge in [0, 0.05) is 60.9 Å². The number of aromatic nitrogens is 2. The normalized spacial score (nSPS) is 16.4. The number of ether oxygens (including phenoxy) is 2. The molecule has 2 aliphatic heterocycles. The van der Waals surface area contributed by atoms with Gasteiger partial charge in [0.15, 0.2) is 0 Å². The Kier molecular flexibility index (Phi) is 13.9. The zero-order valence-corrected chi connectivity index (χ0v) is 33.2. The van der Waals surface area contributed by atoms with E-state index in [1.54, 1.807) is 0 Å². The Bertz CT molecular complexity index is 1930. The number of benzene rings is 2. The quantitative estimate of drug-likeness (QED) is 0.153. The van der Waals surface area contributed by atoms with Gasteiger partial charge in [0.05, 0.1) is 37.1 Å². The Morgan fingerprint density at radius 3 is 1.44 bits per heavy atom. The second kappa shape index (κ2) is 19.2. The molecular formula is C44H56N6O7. The van der Waals surface area contributed by atoms with Crippen LogP contribution in [0.2, 0.25) is 0 Å². The molecule has 4 amide bonds. The standard InChI is InChI=1S/2C22H27N3O3.H2O/c2*1-25(17-6-3-2-4-7-17)21(27)8-5-11-28-18-9-10-19-15(13-18)12-16-14-20(26)24-22(16)23-19;/h2*9-10,12-13,17H,2-8,11,14H2,1H3,(H,23,24,26);1H2. The maximum absolute atomic E-state index is 12.4. The average Bonchev–Trinajstić information content (AvgIpc) is 3.78. The molecule has 304 valence electrons. The van der Waals surface area contributed by atoms with Gasteiger partial charge >= 0.3 is 0 Å². The van der Waals surface area contributed by atoms with Crippen LogP contribution < -0.4 is 20.1 Å². The van der Waals surface area contributed by atoms with Gasteiger partial charge in [-0.2, -0.15) is 0 Å². The molecular weight excluding hydrogens is 725 g/mol. The van der Waals surface area contributed by atoms with E-state index in [1.807, 2.05) is 72.4 Å². The van der Waals surface area contributed by atoms with Crippen LogP contribution in [-0.4, -0.2) is 88.3 Å². The third-order valence-electron chi connectivity index (χ3n) is 11.6. The highest BCUT2D eigenvalue weighted by Crippen LogP contribution is 2.30. The number of carbonyl (C=O) groups excluding carboxylic acids is 4. The lowest BCUT2D eigenvalue weighted by atomic mass is 9.94. The Balaban J connectivity index is 0.000000189. The van der Waals surface area contributed by atoms with Crippen molar-refractivity contribution in [3.05, 3.63) is 59.7 Å². The van der Waals surface area contributed by atoms with E-state index in [0.717, 1.165) is 70.1 Å². The van der Waals surface area contributed by atoms with Gasteiger partial charge in [-0.15, -0.1) is 0 Å². The lowest BCUT2D eigenvalue weighted by molar-refractivity contribution is -0.133. The van der Waals surface area contributed by atoms with Gasteiger partial charge in [0.1, 0.15) is 23.1 Å². The van der Waals surface area contributed by atoms with E-state index in [1.165, 1.54) is 38.5 Å². The van der Waals surface area contributed by atoms with Crippen LogP contribution in [0.5, 0.6) is 11.5 Å². The number of nitrogens with zero attached hydrogens (tertiary/aromatic N) is 4. The first-order chi connectivity index (χ1) is 27.2. The number of anilines is 2. The van der Waals surface area contributed by atoms with Crippen molar-refractivity contribution in [3.63, 3.8) is 0 Å². The minimum atomic E-state index is -0.0165. The molecule has 8 rings (SSSR count). The second-order valence-corrected chi connectivity index (χ2v) is 15.6. The number of pyridine rings is 2. The monoisotopic (exact) mass is 780 g/mol. The molecule has 2 aromatic carbocycles. The fraction of sp³-hybridized carbons (Fsp3) is 0.500. The minimum Gasteiger partial charge on any atom is -0.494 e. The van der Waals surface area contributed by atoms with Gasteiger partial charge < -0.3 is 35.4 Å². The van der Waals surface area contributed by atoms with Crippen LogP contribution in [0.4, 0.5) is 11.6 Å². The molecule has 4 N–H and O–H groups in total. The van der Waals surface area contributed by atoms with Gasteiger partial charge in [-0.1, -0.05) is 38.5 Å². The van der Waals surface area contributed by atoms with E-state index < -0.39 is 0 Å². The Hall–Kier alpha value is -5.30. The molecule has 2 fully saturated rings. The zero-order chi connectivity index (χ0) is 39.0. The summed E-state index contributed by atoms with van der Waals surface area (Å²) >= 11 is 0. The van der Waals surface area contributed by atoms with Crippen molar-refractivity contribution in [2.45, 2.75) is 115 Å². The number of fused-ring (bicyclic) bond motifs is 4. The van der Waals surface area contributed by atoms with E-state index in [0.29, 0.717) is 75.5 Å². The van der Waals surface area contributed by atoms with Crippen molar-refractivity contribution >= 4 is 57.1 Å². The highest BCUT2D eigenvalue weighted by molar-refractivity contribution is 6.01. The fourth-order valence-corrected chi connectivity index (χ4v) is 8.28. The van der Waals surface area contributed by atoms with Gasteiger partial charge in [0.2, 0.25) is 23.6 Å². The number of hydrogen-bond acceptors (Lipinski definition) is 8. The SMILES string of the molecule is CN(C(=O)CCCOc1ccc2nc3c(cc2c1)CC(=O)N3)C1CCCCC1.CN(C(=O)CCCOc1ccc2nc3c(cc2c1)CC(=O)N3)C1CCCCC1.O. The van der Waals surface area contributed by atoms with Gasteiger partial charge in [-0.3, -0.25) is 19.2 Å². The van der Waals surface area contributed by atoms with E-state index in [4.69, 9.17) is 9.47 Å². The summed E-state index contributed by atoms with van der Waals surface area (Å²) in [6.45, 7) is 1.02. The fourth-order valence-electron chi connectivity index (χ4n) is 8.28. The highest BCUT2D eigenvalue weighted by atomic mass is 16.5. The summed E-state index contributed by atoms with van der Waals surface area (Å²) in [6.07, 6.45) is 15.2. The predicted octanol–water partition coefficient (Wildman–Crippen LogP) is 6.53. The summed E-state index contributed by atoms with van der Waals surface area (Å²) in [5.74, 6) is 3.24. The lowest BCUT2D eigenvalue weighted by Gasteiger charge is -2.31. The molecule has 4 aliphatic rings. The molecule has 2 aliphatic carbocycles. The molecule has 13 heteroatoms. The molecule has 2 saturated carbocycles. The van der Waals surface area contributed by atoms with Gasteiger partial charge in [-0.25, -0.2) is 9.97 Å². The summed E-state index contributed by atoms with van der Waals surface area (Å²) in [6, 6.07) is 16.3. The van der Waals surface area contributed by atoms with E-state index in [9.17, 15) is 19.2 Å². The molecule has 4 heterocycles. The molecule has 0 saturated heterocycles. The molecule has 0 atom stereocenters. The van der Waals surface area contributed by atoms with E-state index in [2.05, 4.69) is 20.6 Å². The van der Waals surface area contributed by atoms with E-state index >= 15 is 0 Å². The minimum absolute atomic E-state index is 0. The Morgan fingerprint density at radius 1 is 0.632 bits per heavy atom. The van der Waals surface area contributed by atoms with Crippen LogP contribution in [0.25, 0.3) is 21.8 Å². The van der Waals surface area contributed by atoms with Crippen molar-refractivity contribution in [1.29, 1.82) is 0 Å². The van der Waals surface area contributed by atoms with Crippen molar-refractivity contribution in [1.82, 2.24) is 19.8 Å². The molecule has 0 bridgehead atoms. The highest BCUT2D eigenvalue weighted by Gasteiger charge is 2.24. The topological polar surface area (TPSA) is 175 Å². The molecule has 0 unspecified atom stereocenters. The average molecular weight is 781 g/mol. The van der Waals surface area contributed by atoms with Crippen LogP contribution in [0.15, 0.2) is 48.5 Å². The van der Waals surface area contributed by atoms with Crippen LogP contribution >= 0.6 is 0 Å². The molecule has 0 spiro atoms. The van der Waals surface area contributed by atoms with Crippen molar-refractivity contribution in [3.8, 4) is 11.5 Å². The van der Waals surface area contributed by atoms with E-state index in [-0.39, 0.29) is 29.1 Å².